The summed E-state index contributed by atoms with van der Waals surface area (Å²) in [4.78, 5) is 38.0. The van der Waals surface area contributed by atoms with Crippen LogP contribution in [0.1, 0.15) is 23.7 Å². The van der Waals surface area contributed by atoms with Gasteiger partial charge in [-0.05, 0) is 37.6 Å². The third-order valence-corrected chi connectivity index (χ3v) is 4.37. The van der Waals surface area contributed by atoms with Gasteiger partial charge in [0.05, 0.1) is 6.10 Å². The molecule has 8 heteroatoms. The predicted molar refractivity (Wildman–Crippen MR) is 81.4 cm³/mol. The van der Waals surface area contributed by atoms with Gasteiger partial charge in [0.15, 0.2) is 0 Å². The molecule has 3 rings (SSSR count). The van der Waals surface area contributed by atoms with Gasteiger partial charge in [-0.1, -0.05) is 0 Å². The van der Waals surface area contributed by atoms with Crippen molar-refractivity contribution in [2.24, 2.45) is 0 Å². The van der Waals surface area contributed by atoms with E-state index in [2.05, 4.69) is 10.6 Å². The second-order valence-corrected chi connectivity index (χ2v) is 6.15. The van der Waals surface area contributed by atoms with E-state index in [4.69, 9.17) is 0 Å². The second-order valence-electron chi connectivity index (χ2n) is 6.15. The third kappa shape index (κ3) is 2.96. The standard InChI is InChI=1S/C16H18FN3O4/c1-8(21)13-16(24)20-7-11(6-12(20)15(23)19-13)18-14(22)9-2-4-10(17)5-3-9/h2-5,8,11-13,21H,6-7H2,1H3,(H,18,22)(H,19,23)/t8-,11-,12-,13+/m0/s1. The average molecular weight is 335 g/mol. The maximum Gasteiger partial charge on any atom is 0.251 e. The van der Waals surface area contributed by atoms with Crippen LogP contribution >= 0.6 is 0 Å². The van der Waals surface area contributed by atoms with Crippen molar-refractivity contribution in [1.82, 2.24) is 15.5 Å². The highest BCUT2D eigenvalue weighted by molar-refractivity contribution is 5.98. The fourth-order valence-corrected chi connectivity index (χ4v) is 3.12. The Balaban J connectivity index is 1.68. The summed E-state index contributed by atoms with van der Waals surface area (Å²) < 4.78 is 12.9. The van der Waals surface area contributed by atoms with Crippen molar-refractivity contribution in [3.63, 3.8) is 0 Å². The maximum absolute atomic E-state index is 12.9. The van der Waals surface area contributed by atoms with E-state index in [-0.39, 0.29) is 30.3 Å². The number of nitrogens with one attached hydrogen (secondary N) is 2. The number of halogens is 1. The molecule has 0 unspecified atom stereocenters. The van der Waals surface area contributed by atoms with Crippen LogP contribution in [0.15, 0.2) is 24.3 Å². The molecule has 2 fully saturated rings. The third-order valence-electron chi connectivity index (χ3n) is 4.37. The van der Waals surface area contributed by atoms with Crippen LogP contribution in [0.3, 0.4) is 0 Å². The topological polar surface area (TPSA) is 98.7 Å². The Labute approximate surface area is 137 Å². The maximum atomic E-state index is 12.9. The Morgan fingerprint density at radius 2 is 2.04 bits per heavy atom. The molecule has 3 amide bonds. The molecule has 0 radical (unpaired) electrons. The molecule has 2 aliphatic rings. The molecule has 0 spiro atoms. The molecule has 2 aliphatic heterocycles. The normalized spacial score (nSPS) is 27.5. The number of aliphatic hydroxyl groups excluding tert-OH is 1. The molecule has 1 aromatic rings. The molecular formula is C16H18FN3O4. The lowest BCUT2D eigenvalue weighted by atomic mass is 10.0. The summed E-state index contributed by atoms with van der Waals surface area (Å²) in [5.74, 6) is -1.51. The number of benzene rings is 1. The highest BCUT2D eigenvalue weighted by Crippen LogP contribution is 2.24. The number of amides is 3. The molecule has 2 saturated heterocycles. The summed E-state index contributed by atoms with van der Waals surface area (Å²) in [6.45, 7) is 1.64. The van der Waals surface area contributed by atoms with Gasteiger partial charge in [0.25, 0.3) is 5.91 Å². The molecule has 4 atom stereocenters. The van der Waals surface area contributed by atoms with Crippen molar-refractivity contribution in [2.45, 2.75) is 37.6 Å². The number of nitrogens with zero attached hydrogens (tertiary/aromatic N) is 1. The van der Waals surface area contributed by atoms with Crippen LogP contribution in [0.2, 0.25) is 0 Å². The van der Waals surface area contributed by atoms with E-state index in [0.29, 0.717) is 12.0 Å². The second kappa shape index (κ2) is 6.20. The van der Waals surface area contributed by atoms with Crippen LogP contribution < -0.4 is 10.6 Å². The van der Waals surface area contributed by atoms with E-state index in [0.717, 1.165) is 0 Å². The molecule has 0 bridgehead atoms. The Morgan fingerprint density at radius 3 is 2.67 bits per heavy atom. The lowest BCUT2D eigenvalue weighted by Gasteiger charge is -2.35. The van der Waals surface area contributed by atoms with Crippen molar-refractivity contribution in [3.05, 3.63) is 35.6 Å². The molecule has 0 saturated carbocycles. The number of hydrogen-bond donors (Lipinski definition) is 3. The summed E-state index contributed by atoms with van der Waals surface area (Å²) in [5, 5.41) is 14.9. The molecule has 3 N–H and O–H groups in total. The molecule has 0 aliphatic carbocycles. The first-order chi connectivity index (χ1) is 11.4. The first kappa shape index (κ1) is 16.4. The first-order valence-corrected chi connectivity index (χ1v) is 7.72. The van der Waals surface area contributed by atoms with Crippen LogP contribution in [0.4, 0.5) is 4.39 Å². The average Bonchev–Trinajstić information content (AvgIpc) is 2.96. The minimum absolute atomic E-state index is 0.201. The predicted octanol–water partition coefficient (Wildman–Crippen LogP) is -0.596. The molecule has 2 heterocycles. The number of piperazine rings is 1. The Bertz CT molecular complexity index is 676. The first-order valence-electron chi connectivity index (χ1n) is 7.72. The summed E-state index contributed by atoms with van der Waals surface area (Å²) in [5.41, 5.74) is 0.305. The molecule has 1 aromatic carbocycles. The van der Waals surface area contributed by atoms with Crippen molar-refractivity contribution in [2.75, 3.05) is 6.54 Å². The minimum atomic E-state index is -0.991. The number of fused-ring (bicyclic) bond motifs is 1. The van der Waals surface area contributed by atoms with E-state index in [1.807, 2.05) is 0 Å². The summed E-state index contributed by atoms with van der Waals surface area (Å²) >= 11 is 0. The highest BCUT2D eigenvalue weighted by atomic mass is 19.1. The number of aliphatic hydroxyl groups is 1. The molecule has 7 nitrogen and oxygen atoms in total. The largest absolute Gasteiger partial charge is 0.391 e. The van der Waals surface area contributed by atoms with Crippen LogP contribution in [-0.2, 0) is 9.59 Å². The van der Waals surface area contributed by atoms with Crippen molar-refractivity contribution < 1.29 is 23.9 Å². The quantitative estimate of drug-likeness (QED) is 0.687. The van der Waals surface area contributed by atoms with E-state index in [1.165, 1.54) is 36.1 Å². The monoisotopic (exact) mass is 335 g/mol. The van der Waals surface area contributed by atoms with E-state index in [1.54, 1.807) is 0 Å². The Hall–Kier alpha value is -2.48. The lowest BCUT2D eigenvalue weighted by Crippen LogP contribution is -2.64. The van der Waals surface area contributed by atoms with Gasteiger partial charge < -0.3 is 20.6 Å². The van der Waals surface area contributed by atoms with Crippen LogP contribution in [0.5, 0.6) is 0 Å². The van der Waals surface area contributed by atoms with Gasteiger partial charge in [-0.2, -0.15) is 0 Å². The Kier molecular flexibility index (Phi) is 4.23. The number of rotatable bonds is 3. The SMILES string of the molecule is C[C@H](O)[C@H]1NC(=O)[C@@H]2C[C@H](NC(=O)c3ccc(F)cc3)CN2C1=O. The van der Waals surface area contributed by atoms with E-state index >= 15 is 0 Å². The zero-order valence-electron chi connectivity index (χ0n) is 13.0. The smallest absolute Gasteiger partial charge is 0.251 e. The zero-order valence-corrected chi connectivity index (χ0v) is 13.0. The van der Waals surface area contributed by atoms with Crippen molar-refractivity contribution in [3.8, 4) is 0 Å². The van der Waals surface area contributed by atoms with Crippen LogP contribution in [-0.4, -0.2) is 58.5 Å². The van der Waals surface area contributed by atoms with Gasteiger partial charge in [0.2, 0.25) is 11.8 Å². The number of carbonyl (C=O) groups excluding carboxylic acids is 3. The zero-order chi connectivity index (χ0) is 17.4. The highest BCUT2D eigenvalue weighted by Gasteiger charge is 2.47. The van der Waals surface area contributed by atoms with Gasteiger partial charge in [-0.3, -0.25) is 14.4 Å². The van der Waals surface area contributed by atoms with Crippen molar-refractivity contribution in [1.29, 1.82) is 0 Å². The molecule has 24 heavy (non-hydrogen) atoms. The fraction of sp³-hybridized carbons (Fsp3) is 0.438. The van der Waals surface area contributed by atoms with E-state index < -0.39 is 24.0 Å². The number of carbonyl (C=O) groups is 3. The Morgan fingerprint density at radius 1 is 1.38 bits per heavy atom. The summed E-state index contributed by atoms with van der Waals surface area (Å²) in [7, 11) is 0. The lowest BCUT2D eigenvalue weighted by molar-refractivity contribution is -0.149. The summed E-state index contributed by atoms with van der Waals surface area (Å²) in [6.07, 6.45) is -0.688. The van der Waals surface area contributed by atoms with Gasteiger partial charge >= 0.3 is 0 Å². The number of hydrogen-bond acceptors (Lipinski definition) is 4. The molecule has 128 valence electrons. The minimum Gasteiger partial charge on any atom is -0.391 e. The van der Waals surface area contributed by atoms with Crippen LogP contribution in [0.25, 0.3) is 0 Å². The van der Waals surface area contributed by atoms with E-state index in [9.17, 15) is 23.9 Å². The van der Waals surface area contributed by atoms with Gasteiger partial charge in [0.1, 0.15) is 17.9 Å². The fourth-order valence-electron chi connectivity index (χ4n) is 3.12. The molecular weight excluding hydrogens is 317 g/mol. The molecule has 0 aromatic heterocycles. The van der Waals surface area contributed by atoms with Gasteiger partial charge in [-0.15, -0.1) is 0 Å². The van der Waals surface area contributed by atoms with Crippen LogP contribution in [0, 0.1) is 5.82 Å². The van der Waals surface area contributed by atoms with Crippen molar-refractivity contribution >= 4 is 17.7 Å². The van der Waals surface area contributed by atoms with Gasteiger partial charge in [-0.25, -0.2) is 4.39 Å². The summed E-state index contributed by atoms with van der Waals surface area (Å²) in [6, 6.07) is 3.14. The van der Waals surface area contributed by atoms with Gasteiger partial charge in [0, 0.05) is 18.2 Å².